The number of nitrogens with zero attached hydrogens (tertiary/aromatic N) is 1. The van der Waals surface area contributed by atoms with Crippen molar-refractivity contribution < 1.29 is 13.5 Å². The molecule has 0 bridgehead atoms. The number of ether oxygens (including phenoxy) is 1. The number of hydrogen-bond donors (Lipinski definition) is 0. The SMILES string of the molecule is COc1c(C)cc(C(F)(F)CCC#N)c(C)c1C. The van der Waals surface area contributed by atoms with Crippen molar-refractivity contribution in [2.45, 2.75) is 39.5 Å². The molecule has 0 aliphatic rings. The van der Waals surface area contributed by atoms with Crippen LogP contribution in [0.2, 0.25) is 0 Å². The van der Waals surface area contributed by atoms with Crippen LogP contribution in [0.15, 0.2) is 6.07 Å². The van der Waals surface area contributed by atoms with E-state index in [0.717, 1.165) is 5.56 Å². The molecule has 0 N–H and O–H groups in total. The van der Waals surface area contributed by atoms with Gasteiger partial charge in [0.15, 0.2) is 0 Å². The zero-order valence-electron chi connectivity index (χ0n) is 11.1. The Labute approximate surface area is 106 Å². The fraction of sp³-hybridized carbons (Fsp3) is 0.500. The van der Waals surface area contributed by atoms with Crippen LogP contribution in [-0.2, 0) is 5.92 Å². The van der Waals surface area contributed by atoms with Gasteiger partial charge in [-0.2, -0.15) is 5.26 Å². The van der Waals surface area contributed by atoms with E-state index in [1.165, 1.54) is 13.2 Å². The second-order valence-electron chi connectivity index (χ2n) is 4.39. The van der Waals surface area contributed by atoms with Gasteiger partial charge in [0.1, 0.15) is 5.75 Å². The van der Waals surface area contributed by atoms with Crippen LogP contribution in [0.5, 0.6) is 5.75 Å². The molecule has 0 saturated heterocycles. The predicted octanol–water partition coefficient (Wildman–Crippen LogP) is 4.02. The van der Waals surface area contributed by atoms with E-state index in [0.29, 0.717) is 16.9 Å². The monoisotopic (exact) mass is 253 g/mol. The van der Waals surface area contributed by atoms with E-state index in [1.807, 2.05) is 0 Å². The molecule has 2 nitrogen and oxygen atoms in total. The summed E-state index contributed by atoms with van der Waals surface area (Å²) in [6.45, 7) is 5.17. The summed E-state index contributed by atoms with van der Waals surface area (Å²) < 4.78 is 33.2. The number of hydrogen-bond acceptors (Lipinski definition) is 2. The maximum absolute atomic E-state index is 14.0. The van der Waals surface area contributed by atoms with Crippen molar-refractivity contribution in [3.05, 3.63) is 28.3 Å². The molecule has 18 heavy (non-hydrogen) atoms. The smallest absolute Gasteiger partial charge is 0.274 e. The molecule has 0 saturated carbocycles. The molecule has 0 fully saturated rings. The second kappa shape index (κ2) is 5.34. The van der Waals surface area contributed by atoms with Gasteiger partial charge in [0.05, 0.1) is 13.2 Å². The molecule has 4 heteroatoms. The average molecular weight is 253 g/mol. The minimum Gasteiger partial charge on any atom is -0.496 e. The van der Waals surface area contributed by atoms with Crippen molar-refractivity contribution in [3.8, 4) is 11.8 Å². The predicted molar refractivity (Wildman–Crippen MR) is 65.9 cm³/mol. The molecule has 0 aromatic heterocycles. The number of rotatable bonds is 4. The van der Waals surface area contributed by atoms with Crippen LogP contribution in [-0.4, -0.2) is 7.11 Å². The van der Waals surface area contributed by atoms with Gasteiger partial charge in [-0.15, -0.1) is 0 Å². The third-order valence-corrected chi connectivity index (χ3v) is 3.18. The molecular formula is C14H17F2NO. The molecule has 0 aliphatic carbocycles. The minimum absolute atomic E-state index is 0.00597. The van der Waals surface area contributed by atoms with Crippen molar-refractivity contribution >= 4 is 0 Å². The molecule has 0 amide bonds. The van der Waals surface area contributed by atoms with Crippen LogP contribution < -0.4 is 4.74 Å². The van der Waals surface area contributed by atoms with E-state index in [2.05, 4.69) is 0 Å². The van der Waals surface area contributed by atoms with Crippen molar-refractivity contribution in [3.63, 3.8) is 0 Å². The number of alkyl halides is 2. The highest BCUT2D eigenvalue weighted by Gasteiger charge is 2.34. The lowest BCUT2D eigenvalue weighted by Crippen LogP contribution is -2.16. The number of methoxy groups -OCH3 is 1. The molecule has 0 atom stereocenters. The second-order valence-corrected chi connectivity index (χ2v) is 4.39. The summed E-state index contributed by atoms with van der Waals surface area (Å²) in [5, 5.41) is 8.43. The summed E-state index contributed by atoms with van der Waals surface area (Å²) in [6.07, 6.45) is -0.605. The van der Waals surface area contributed by atoms with Crippen LogP contribution >= 0.6 is 0 Å². The van der Waals surface area contributed by atoms with Gasteiger partial charge >= 0.3 is 0 Å². The van der Waals surface area contributed by atoms with E-state index in [-0.39, 0.29) is 12.0 Å². The fourth-order valence-corrected chi connectivity index (χ4v) is 2.10. The van der Waals surface area contributed by atoms with Gasteiger partial charge < -0.3 is 4.74 Å². The molecule has 1 aromatic carbocycles. The largest absolute Gasteiger partial charge is 0.496 e. The lowest BCUT2D eigenvalue weighted by molar-refractivity contribution is -0.0127. The third-order valence-electron chi connectivity index (χ3n) is 3.18. The summed E-state index contributed by atoms with van der Waals surface area (Å²) in [5.41, 5.74) is 1.94. The van der Waals surface area contributed by atoms with Gasteiger partial charge in [-0.05, 0) is 43.5 Å². The Bertz CT molecular complexity index is 490. The van der Waals surface area contributed by atoms with E-state index >= 15 is 0 Å². The van der Waals surface area contributed by atoms with Crippen molar-refractivity contribution in [2.24, 2.45) is 0 Å². The van der Waals surface area contributed by atoms with Crippen molar-refractivity contribution in [1.29, 1.82) is 5.26 Å². The van der Waals surface area contributed by atoms with Crippen LogP contribution in [0.1, 0.15) is 35.1 Å². The average Bonchev–Trinajstić information content (AvgIpc) is 2.32. The molecule has 0 aliphatic heterocycles. The molecule has 0 radical (unpaired) electrons. The van der Waals surface area contributed by atoms with Crippen LogP contribution in [0.4, 0.5) is 8.78 Å². The first kappa shape index (κ1) is 14.4. The first-order valence-electron chi connectivity index (χ1n) is 5.75. The lowest BCUT2D eigenvalue weighted by atomic mass is 9.93. The normalized spacial score (nSPS) is 11.2. The Morgan fingerprint density at radius 1 is 1.28 bits per heavy atom. The lowest BCUT2D eigenvalue weighted by Gasteiger charge is -2.22. The van der Waals surface area contributed by atoms with E-state index in [9.17, 15) is 8.78 Å². The standard InChI is InChI=1S/C14H17F2NO/c1-9-8-12(14(15,16)6-5-7-17)10(2)11(3)13(9)18-4/h8H,5-6H2,1-4H3. The fourth-order valence-electron chi connectivity index (χ4n) is 2.10. The summed E-state index contributed by atoms with van der Waals surface area (Å²) in [5.74, 6) is -2.32. The van der Waals surface area contributed by atoms with E-state index < -0.39 is 12.3 Å². The molecule has 1 rings (SSSR count). The van der Waals surface area contributed by atoms with Gasteiger partial charge in [-0.3, -0.25) is 0 Å². The summed E-state index contributed by atoms with van der Waals surface area (Å²) in [7, 11) is 1.53. The van der Waals surface area contributed by atoms with Crippen molar-refractivity contribution in [1.82, 2.24) is 0 Å². The maximum atomic E-state index is 14.0. The van der Waals surface area contributed by atoms with Gasteiger partial charge in [-0.25, -0.2) is 8.78 Å². The third kappa shape index (κ3) is 2.61. The molecule has 0 unspecified atom stereocenters. The van der Waals surface area contributed by atoms with E-state index in [4.69, 9.17) is 10.00 Å². The maximum Gasteiger partial charge on any atom is 0.274 e. The highest BCUT2D eigenvalue weighted by atomic mass is 19.3. The molecule has 0 spiro atoms. The zero-order valence-corrected chi connectivity index (χ0v) is 11.1. The Morgan fingerprint density at radius 2 is 1.89 bits per heavy atom. The van der Waals surface area contributed by atoms with E-state index in [1.54, 1.807) is 26.8 Å². The molecule has 98 valence electrons. The Hall–Kier alpha value is -1.63. The number of nitriles is 1. The molecular weight excluding hydrogens is 236 g/mol. The summed E-state index contributed by atoms with van der Waals surface area (Å²) in [4.78, 5) is 0. The zero-order chi connectivity index (χ0) is 13.9. The molecule has 0 heterocycles. The number of halogens is 2. The summed E-state index contributed by atoms with van der Waals surface area (Å²) >= 11 is 0. The first-order chi connectivity index (χ1) is 8.35. The van der Waals surface area contributed by atoms with Gasteiger partial charge in [-0.1, -0.05) is 0 Å². The molecule has 1 aromatic rings. The van der Waals surface area contributed by atoms with Crippen LogP contribution in [0.25, 0.3) is 0 Å². The van der Waals surface area contributed by atoms with Gasteiger partial charge in [0, 0.05) is 18.4 Å². The quantitative estimate of drug-likeness (QED) is 0.812. The Balaban J connectivity index is 3.31. The first-order valence-corrected chi connectivity index (χ1v) is 5.75. The van der Waals surface area contributed by atoms with Crippen molar-refractivity contribution in [2.75, 3.05) is 7.11 Å². The topological polar surface area (TPSA) is 33.0 Å². The minimum atomic E-state index is -2.97. The number of aryl methyl sites for hydroxylation is 1. The summed E-state index contributed by atoms with van der Waals surface area (Å²) in [6, 6.07) is 3.22. The Morgan fingerprint density at radius 3 is 2.39 bits per heavy atom. The van der Waals surface area contributed by atoms with Crippen LogP contribution in [0.3, 0.4) is 0 Å². The Kier molecular flexibility index (Phi) is 4.28. The highest BCUT2D eigenvalue weighted by molar-refractivity contribution is 5.50. The van der Waals surface area contributed by atoms with Gasteiger partial charge in [0.25, 0.3) is 5.92 Å². The van der Waals surface area contributed by atoms with Crippen LogP contribution in [0, 0.1) is 32.1 Å². The number of benzene rings is 1. The highest BCUT2D eigenvalue weighted by Crippen LogP contribution is 2.39. The van der Waals surface area contributed by atoms with Gasteiger partial charge in [0.2, 0.25) is 0 Å².